The molecule has 0 aliphatic heterocycles. The Bertz CT molecular complexity index is 742. The van der Waals surface area contributed by atoms with Gasteiger partial charge in [0.2, 0.25) is 0 Å². The van der Waals surface area contributed by atoms with Gasteiger partial charge in [-0.2, -0.15) is 18.2 Å². The topological polar surface area (TPSA) is 43.3 Å². The molecule has 0 saturated heterocycles. The number of rotatable bonds is 2. The van der Waals surface area contributed by atoms with Crippen molar-refractivity contribution in [2.24, 2.45) is 0 Å². The zero-order valence-corrected chi connectivity index (χ0v) is 16.7. The summed E-state index contributed by atoms with van der Waals surface area (Å²) < 4.78 is 1.15. The Morgan fingerprint density at radius 3 is 2.25 bits per heavy atom. The van der Waals surface area contributed by atoms with Crippen LogP contribution >= 0.6 is 31.9 Å². The molecule has 1 N–H and O–H groups in total. The third kappa shape index (κ3) is 6.25. The average molecular weight is 490 g/mol. The Balaban J connectivity index is 0.000000412. The molecule has 5 heteroatoms. The molecule has 0 heterocycles. The van der Waals surface area contributed by atoms with Crippen molar-refractivity contribution in [3.8, 4) is 5.75 Å². The molecular weight excluding hydrogens is 476 g/mol. The fourth-order valence-electron chi connectivity index (χ4n) is 1.84. The predicted octanol–water partition coefficient (Wildman–Crippen LogP) is 5.64. The smallest absolute Gasteiger partial charge is 0.871 e. The summed E-state index contributed by atoms with van der Waals surface area (Å²) in [6.45, 7) is 0. The largest absolute Gasteiger partial charge is 2.00 e. The minimum atomic E-state index is -0.233. The Kier molecular flexibility index (Phi) is 9.01. The van der Waals surface area contributed by atoms with Crippen LogP contribution < -0.4 is 5.11 Å². The summed E-state index contributed by atoms with van der Waals surface area (Å²) in [5.41, 5.74) is 1.24. The SMILES string of the molecule is [Fe+2].[O-]c1c(Br)cc(Br)cc1/C(O)=C/C=C1C=CC=C1.c1cc[cH-]c1. The molecule has 2 aromatic rings. The number of halogens is 2. The molecule has 0 amide bonds. The maximum absolute atomic E-state index is 11.8. The number of hydrogen-bond acceptors (Lipinski definition) is 2. The van der Waals surface area contributed by atoms with E-state index >= 15 is 0 Å². The zero-order chi connectivity index (χ0) is 16.7. The van der Waals surface area contributed by atoms with E-state index < -0.39 is 0 Å². The molecule has 0 aromatic heterocycles. The molecule has 0 saturated carbocycles. The number of hydrogen-bond donors (Lipinski definition) is 1. The second-order valence-electron chi connectivity index (χ2n) is 4.66. The molecule has 2 nitrogen and oxygen atoms in total. The number of benzene rings is 1. The summed E-state index contributed by atoms with van der Waals surface area (Å²) >= 11 is 6.45. The zero-order valence-electron chi connectivity index (χ0n) is 12.5. The van der Waals surface area contributed by atoms with Crippen molar-refractivity contribution in [3.05, 3.63) is 99.0 Å². The van der Waals surface area contributed by atoms with E-state index in [0.717, 1.165) is 10.0 Å². The second kappa shape index (κ2) is 10.5. The van der Waals surface area contributed by atoms with Gasteiger partial charge in [0.15, 0.2) is 0 Å². The number of allylic oxidation sites excluding steroid dienone is 7. The van der Waals surface area contributed by atoms with Crippen molar-refractivity contribution >= 4 is 37.6 Å². The van der Waals surface area contributed by atoms with Crippen LogP contribution in [0.25, 0.3) is 5.76 Å². The first-order chi connectivity index (χ1) is 11.1. The fourth-order valence-corrected chi connectivity index (χ4v) is 3.06. The van der Waals surface area contributed by atoms with Gasteiger partial charge in [0, 0.05) is 14.5 Å². The van der Waals surface area contributed by atoms with E-state index in [2.05, 4.69) is 31.9 Å². The summed E-state index contributed by atoms with van der Waals surface area (Å²) in [6.07, 6.45) is 10.9. The van der Waals surface area contributed by atoms with Crippen molar-refractivity contribution in [2.75, 3.05) is 0 Å². The van der Waals surface area contributed by atoms with Crippen LogP contribution in [0, 0.1) is 0 Å². The number of aliphatic hydroxyl groups excluding tert-OH is 1. The van der Waals surface area contributed by atoms with Crippen molar-refractivity contribution in [3.63, 3.8) is 0 Å². The van der Waals surface area contributed by atoms with Gasteiger partial charge in [0.05, 0.1) is 0 Å². The van der Waals surface area contributed by atoms with Gasteiger partial charge in [-0.1, -0.05) is 68.0 Å². The van der Waals surface area contributed by atoms with Gasteiger partial charge in [-0.25, -0.2) is 12.1 Å². The monoisotopic (exact) mass is 488 g/mol. The minimum Gasteiger partial charge on any atom is -0.871 e. The van der Waals surface area contributed by atoms with Crippen LogP contribution in [-0.4, -0.2) is 5.11 Å². The van der Waals surface area contributed by atoms with Crippen LogP contribution in [0.2, 0.25) is 0 Å². The van der Waals surface area contributed by atoms with Gasteiger partial charge in [-0.15, -0.1) is 0 Å². The first kappa shape index (κ1) is 20.7. The first-order valence-corrected chi connectivity index (χ1v) is 8.45. The molecule has 0 radical (unpaired) electrons. The van der Waals surface area contributed by atoms with Crippen LogP contribution in [0.3, 0.4) is 0 Å². The first-order valence-electron chi connectivity index (χ1n) is 6.87. The van der Waals surface area contributed by atoms with E-state index in [-0.39, 0.29) is 34.1 Å². The van der Waals surface area contributed by atoms with Crippen molar-refractivity contribution in [1.82, 2.24) is 0 Å². The summed E-state index contributed by atoms with van der Waals surface area (Å²) in [6, 6.07) is 13.2. The average Bonchev–Trinajstić information content (AvgIpc) is 3.24. The number of aliphatic hydroxyl groups is 1. The van der Waals surface area contributed by atoms with Crippen LogP contribution in [0.5, 0.6) is 5.75 Å². The summed E-state index contributed by atoms with van der Waals surface area (Å²) in [5.74, 6) is -0.286. The van der Waals surface area contributed by atoms with Crippen molar-refractivity contribution in [1.29, 1.82) is 0 Å². The predicted molar refractivity (Wildman–Crippen MR) is 100 cm³/mol. The molecule has 0 spiro atoms. The van der Waals surface area contributed by atoms with Crippen LogP contribution in [0.4, 0.5) is 0 Å². The van der Waals surface area contributed by atoms with Gasteiger partial charge in [-0.3, -0.25) is 0 Å². The van der Waals surface area contributed by atoms with Gasteiger partial charge in [-0.05, 0) is 23.8 Å². The summed E-state index contributed by atoms with van der Waals surface area (Å²) in [5, 5.41) is 21.8. The Morgan fingerprint density at radius 2 is 1.71 bits per heavy atom. The third-order valence-corrected chi connectivity index (χ3v) is 4.01. The van der Waals surface area contributed by atoms with E-state index in [0.29, 0.717) is 4.47 Å². The Morgan fingerprint density at radius 1 is 1.08 bits per heavy atom. The molecule has 3 rings (SSSR count). The molecule has 0 bridgehead atoms. The quantitative estimate of drug-likeness (QED) is 0.337. The summed E-state index contributed by atoms with van der Waals surface area (Å²) in [4.78, 5) is 0. The maximum atomic E-state index is 11.8. The van der Waals surface area contributed by atoms with E-state index in [1.165, 1.54) is 6.08 Å². The molecular formula is C19H14Br2FeO2. The molecule has 1 aliphatic carbocycles. The van der Waals surface area contributed by atoms with Gasteiger partial charge >= 0.3 is 17.1 Å². The molecule has 0 unspecified atom stereocenters. The molecule has 124 valence electrons. The minimum absolute atomic E-state index is 0. The van der Waals surface area contributed by atoms with E-state index in [1.807, 2.05) is 54.6 Å². The fraction of sp³-hybridized carbons (Fsp3) is 0. The van der Waals surface area contributed by atoms with Crippen LogP contribution in [0.1, 0.15) is 5.56 Å². The molecule has 0 atom stereocenters. The van der Waals surface area contributed by atoms with Crippen LogP contribution in [0.15, 0.2) is 93.4 Å². The van der Waals surface area contributed by atoms with Crippen LogP contribution in [-0.2, 0) is 17.1 Å². The standard InChI is InChI=1S/C14H10Br2O2.C5H5.Fe/c15-10-7-11(14(18)12(16)8-10)13(17)6-5-9-3-1-2-4-9;1-2-4-5-3-1;/h1-8,17-18H;1-5H;/q;-1;+2/p-1/b13-6-;;. The molecule has 2 aromatic carbocycles. The van der Waals surface area contributed by atoms with E-state index in [1.54, 1.807) is 18.2 Å². The molecule has 24 heavy (non-hydrogen) atoms. The normalized spacial score (nSPS) is 12.4. The maximum Gasteiger partial charge on any atom is 2.00 e. The molecule has 0 fully saturated rings. The molecule has 1 aliphatic rings. The van der Waals surface area contributed by atoms with Gasteiger partial charge in [0.1, 0.15) is 5.76 Å². The summed E-state index contributed by atoms with van der Waals surface area (Å²) in [7, 11) is 0. The van der Waals surface area contributed by atoms with E-state index in [4.69, 9.17) is 0 Å². The van der Waals surface area contributed by atoms with Crippen molar-refractivity contribution < 1.29 is 27.3 Å². The Labute approximate surface area is 169 Å². The van der Waals surface area contributed by atoms with Gasteiger partial charge in [0.25, 0.3) is 0 Å². The second-order valence-corrected chi connectivity index (χ2v) is 6.43. The third-order valence-electron chi connectivity index (χ3n) is 2.96. The van der Waals surface area contributed by atoms with Gasteiger partial charge < -0.3 is 10.2 Å². The van der Waals surface area contributed by atoms with E-state index in [9.17, 15) is 10.2 Å². The Hall–Kier alpha value is -1.39. The van der Waals surface area contributed by atoms with Crippen molar-refractivity contribution in [2.45, 2.75) is 0 Å².